The molecule has 0 saturated carbocycles. The lowest BCUT2D eigenvalue weighted by atomic mass is 9.95. The van der Waals surface area contributed by atoms with Gasteiger partial charge in [-0.3, -0.25) is 4.90 Å². The van der Waals surface area contributed by atoms with E-state index < -0.39 is 0 Å². The van der Waals surface area contributed by atoms with Crippen molar-refractivity contribution < 1.29 is 0 Å². The van der Waals surface area contributed by atoms with E-state index in [4.69, 9.17) is 33.3 Å². The molecule has 0 unspecified atom stereocenters. The first-order valence-corrected chi connectivity index (χ1v) is 13.2. The number of anilines is 2. The number of aromatic nitrogens is 2. The van der Waals surface area contributed by atoms with Crippen LogP contribution in [0.3, 0.4) is 0 Å². The van der Waals surface area contributed by atoms with E-state index in [2.05, 4.69) is 70.5 Å². The molecule has 38 heavy (non-hydrogen) atoms. The van der Waals surface area contributed by atoms with Crippen molar-refractivity contribution in [3.05, 3.63) is 136 Å². The molecule has 4 aromatic carbocycles. The number of hydrogen-bond acceptors (Lipinski definition) is 4. The van der Waals surface area contributed by atoms with Gasteiger partial charge in [-0.1, -0.05) is 89.9 Å². The molecule has 0 N–H and O–H groups in total. The predicted molar refractivity (Wildman–Crippen MR) is 155 cm³/mol. The van der Waals surface area contributed by atoms with Crippen LogP contribution >= 0.6 is 23.2 Å². The van der Waals surface area contributed by atoms with Crippen molar-refractivity contribution in [3.63, 3.8) is 0 Å². The van der Waals surface area contributed by atoms with Crippen molar-refractivity contribution in [1.82, 2.24) is 9.78 Å². The standard InChI is InChI=1S/C31H23Cl2N5/c1-20-28-29(24-17-16-22(32)18-25(24)33)37-27-15-9-8-14-26(27)36(19-21-10-4-2-5-11-21)31(37)34-30(28)38(35-20)23-12-6-3-7-13-23/h2-18,29H,19H2,1H3/t29-/m0/s1. The van der Waals surface area contributed by atoms with Crippen LogP contribution in [0.4, 0.5) is 17.2 Å². The maximum atomic E-state index is 6.90. The average Bonchev–Trinajstić information content (AvgIpc) is 3.44. The summed E-state index contributed by atoms with van der Waals surface area (Å²) in [6.45, 7) is 2.72. The van der Waals surface area contributed by atoms with Crippen LogP contribution in [0.15, 0.2) is 108 Å². The molecule has 5 aromatic rings. The minimum Gasteiger partial charge on any atom is -0.305 e. The molecule has 0 spiro atoms. The summed E-state index contributed by atoms with van der Waals surface area (Å²) in [6.07, 6.45) is 0. The Kier molecular flexibility index (Phi) is 5.50. The fourth-order valence-electron chi connectivity index (χ4n) is 5.48. The molecular formula is C31H23Cl2N5. The zero-order chi connectivity index (χ0) is 25.8. The highest BCUT2D eigenvalue weighted by Crippen LogP contribution is 2.52. The maximum absolute atomic E-state index is 6.90. The third kappa shape index (κ3) is 3.62. The van der Waals surface area contributed by atoms with Crippen molar-refractivity contribution >= 4 is 46.4 Å². The van der Waals surface area contributed by atoms with Gasteiger partial charge in [0.05, 0.1) is 35.3 Å². The van der Waals surface area contributed by atoms with E-state index in [-0.39, 0.29) is 6.04 Å². The second kappa shape index (κ2) is 9.05. The van der Waals surface area contributed by atoms with E-state index >= 15 is 0 Å². The van der Waals surface area contributed by atoms with E-state index in [0.29, 0.717) is 16.6 Å². The van der Waals surface area contributed by atoms with Gasteiger partial charge in [0.2, 0.25) is 5.96 Å². The number of nitrogens with zero attached hydrogens (tertiary/aromatic N) is 5. The maximum Gasteiger partial charge on any atom is 0.213 e. The molecule has 0 fully saturated rings. The highest BCUT2D eigenvalue weighted by atomic mass is 35.5. The molecule has 3 heterocycles. The Bertz CT molecular complexity index is 1690. The normalized spacial score (nSPS) is 15.7. The van der Waals surface area contributed by atoms with Crippen LogP contribution in [0, 0.1) is 6.92 Å². The van der Waals surface area contributed by atoms with Crippen molar-refractivity contribution in [2.24, 2.45) is 4.99 Å². The number of guanidine groups is 1. The van der Waals surface area contributed by atoms with Crippen LogP contribution in [0.25, 0.3) is 5.69 Å². The Morgan fingerprint density at radius 2 is 1.47 bits per heavy atom. The molecule has 2 aliphatic rings. The van der Waals surface area contributed by atoms with Gasteiger partial charge in [-0.05, 0) is 54.4 Å². The van der Waals surface area contributed by atoms with E-state index in [0.717, 1.165) is 45.7 Å². The second-order valence-corrected chi connectivity index (χ2v) is 10.3. The van der Waals surface area contributed by atoms with E-state index in [1.165, 1.54) is 5.56 Å². The Morgan fingerprint density at radius 1 is 0.789 bits per heavy atom. The highest BCUT2D eigenvalue weighted by molar-refractivity contribution is 6.35. The van der Waals surface area contributed by atoms with Crippen LogP contribution in [-0.4, -0.2) is 15.7 Å². The van der Waals surface area contributed by atoms with Crippen LogP contribution in [-0.2, 0) is 6.54 Å². The number of para-hydroxylation sites is 3. The summed E-state index contributed by atoms with van der Waals surface area (Å²) >= 11 is 13.2. The lowest BCUT2D eigenvalue weighted by molar-refractivity contribution is 0.811. The number of halogens is 2. The smallest absolute Gasteiger partial charge is 0.213 e. The number of aliphatic imine (C=N–C) groups is 1. The van der Waals surface area contributed by atoms with Crippen molar-refractivity contribution in [3.8, 4) is 5.69 Å². The van der Waals surface area contributed by atoms with Gasteiger partial charge in [0.25, 0.3) is 0 Å². The van der Waals surface area contributed by atoms with Gasteiger partial charge in [-0.25, -0.2) is 4.68 Å². The van der Waals surface area contributed by atoms with Gasteiger partial charge in [0, 0.05) is 15.6 Å². The van der Waals surface area contributed by atoms with E-state index in [1.807, 2.05) is 54.1 Å². The fourth-order valence-corrected chi connectivity index (χ4v) is 5.99. The molecule has 186 valence electrons. The number of hydrogen-bond donors (Lipinski definition) is 0. The molecule has 7 rings (SSSR count). The first kappa shape index (κ1) is 23.1. The molecule has 0 aliphatic carbocycles. The first-order chi connectivity index (χ1) is 18.6. The minimum atomic E-state index is -0.235. The van der Waals surface area contributed by atoms with Gasteiger partial charge in [-0.15, -0.1) is 0 Å². The van der Waals surface area contributed by atoms with Crippen LogP contribution in [0.5, 0.6) is 0 Å². The molecule has 0 amide bonds. The van der Waals surface area contributed by atoms with E-state index in [1.54, 1.807) is 0 Å². The lowest BCUT2D eigenvalue weighted by Gasteiger charge is -2.35. The Labute approximate surface area is 231 Å². The minimum absolute atomic E-state index is 0.235. The zero-order valence-electron chi connectivity index (χ0n) is 20.6. The molecule has 7 heteroatoms. The van der Waals surface area contributed by atoms with Gasteiger partial charge < -0.3 is 4.90 Å². The molecule has 1 aromatic heterocycles. The SMILES string of the molecule is Cc1nn(-c2ccccc2)c2c1[C@H](c1ccc(Cl)cc1Cl)N1C(=N2)N(Cc2ccccc2)c2ccccc21. The number of fused-ring (bicyclic) bond motifs is 4. The first-order valence-electron chi connectivity index (χ1n) is 12.5. The summed E-state index contributed by atoms with van der Waals surface area (Å²) < 4.78 is 1.94. The molecule has 5 nitrogen and oxygen atoms in total. The third-order valence-electron chi connectivity index (χ3n) is 7.15. The summed E-state index contributed by atoms with van der Waals surface area (Å²) in [4.78, 5) is 9.89. The monoisotopic (exact) mass is 535 g/mol. The highest BCUT2D eigenvalue weighted by Gasteiger charge is 2.45. The summed E-state index contributed by atoms with van der Waals surface area (Å²) in [5.74, 6) is 1.65. The van der Waals surface area contributed by atoms with Crippen LogP contribution in [0.1, 0.15) is 28.4 Å². The molecule has 0 bridgehead atoms. The van der Waals surface area contributed by atoms with Gasteiger partial charge >= 0.3 is 0 Å². The van der Waals surface area contributed by atoms with Crippen LogP contribution in [0.2, 0.25) is 10.0 Å². The Balaban J connectivity index is 1.50. The summed E-state index contributed by atoms with van der Waals surface area (Å²) in [6, 6.07) is 34.5. The molecule has 0 radical (unpaired) electrons. The van der Waals surface area contributed by atoms with Gasteiger partial charge in [-0.2, -0.15) is 10.1 Å². The van der Waals surface area contributed by atoms with Gasteiger partial charge in [0.1, 0.15) is 0 Å². The van der Waals surface area contributed by atoms with E-state index in [9.17, 15) is 0 Å². The summed E-state index contributed by atoms with van der Waals surface area (Å²) in [5, 5.41) is 6.19. The molecule has 2 aliphatic heterocycles. The largest absolute Gasteiger partial charge is 0.305 e. The predicted octanol–water partition coefficient (Wildman–Crippen LogP) is 8.10. The van der Waals surface area contributed by atoms with Crippen LogP contribution < -0.4 is 9.80 Å². The lowest BCUT2D eigenvalue weighted by Crippen LogP contribution is -2.43. The topological polar surface area (TPSA) is 36.7 Å². The third-order valence-corrected chi connectivity index (χ3v) is 7.71. The second-order valence-electron chi connectivity index (χ2n) is 9.48. The Hall–Kier alpha value is -4.06. The Morgan fingerprint density at radius 3 is 2.21 bits per heavy atom. The molecule has 0 saturated heterocycles. The average molecular weight is 536 g/mol. The number of benzene rings is 4. The zero-order valence-corrected chi connectivity index (χ0v) is 22.1. The molecule has 1 atom stereocenters. The summed E-state index contributed by atoms with van der Waals surface area (Å²) in [7, 11) is 0. The molecular weight excluding hydrogens is 513 g/mol. The van der Waals surface area contributed by atoms with Gasteiger partial charge in [0.15, 0.2) is 5.82 Å². The number of rotatable bonds is 4. The van der Waals surface area contributed by atoms with Crippen molar-refractivity contribution in [1.29, 1.82) is 0 Å². The number of aryl methyl sites for hydroxylation is 1. The fraction of sp³-hybridized carbons (Fsp3) is 0.0968. The summed E-state index contributed by atoms with van der Waals surface area (Å²) in [5.41, 5.74) is 7.23. The van der Waals surface area contributed by atoms with Crippen molar-refractivity contribution in [2.45, 2.75) is 19.5 Å². The quantitative estimate of drug-likeness (QED) is 0.233. The van der Waals surface area contributed by atoms with Crippen molar-refractivity contribution in [2.75, 3.05) is 9.80 Å².